The third-order valence-electron chi connectivity index (χ3n) is 2.79. The average Bonchev–Trinajstić information content (AvgIpc) is 2.84. The molecule has 1 aromatic carbocycles. The molecule has 20 heavy (non-hydrogen) atoms. The zero-order valence-corrected chi connectivity index (χ0v) is 10.8. The second-order valence-corrected chi connectivity index (χ2v) is 4.36. The van der Waals surface area contributed by atoms with Gasteiger partial charge in [-0.05, 0) is 36.4 Å². The SMILES string of the molecule is CC(=O)Nc1ccc(Nc2n[nH]c3cccnc23)cc1. The van der Waals surface area contributed by atoms with Crippen LogP contribution in [0, 0.1) is 0 Å². The predicted molar refractivity (Wildman–Crippen MR) is 77.9 cm³/mol. The van der Waals surface area contributed by atoms with E-state index in [0.717, 1.165) is 22.4 Å². The van der Waals surface area contributed by atoms with E-state index in [1.54, 1.807) is 6.20 Å². The molecule has 0 unspecified atom stereocenters. The number of nitrogens with one attached hydrogen (secondary N) is 3. The molecule has 0 saturated carbocycles. The monoisotopic (exact) mass is 267 g/mol. The van der Waals surface area contributed by atoms with Crippen LogP contribution in [0.25, 0.3) is 11.0 Å². The highest BCUT2D eigenvalue weighted by atomic mass is 16.1. The molecular weight excluding hydrogens is 254 g/mol. The molecule has 0 atom stereocenters. The first-order chi connectivity index (χ1) is 9.72. The van der Waals surface area contributed by atoms with Crippen molar-refractivity contribution in [2.75, 3.05) is 10.6 Å². The van der Waals surface area contributed by atoms with Gasteiger partial charge >= 0.3 is 0 Å². The molecule has 0 spiro atoms. The van der Waals surface area contributed by atoms with Crippen LogP contribution < -0.4 is 10.6 Å². The van der Waals surface area contributed by atoms with Crippen molar-refractivity contribution in [3.63, 3.8) is 0 Å². The Morgan fingerprint density at radius 3 is 2.65 bits per heavy atom. The van der Waals surface area contributed by atoms with Crippen LogP contribution >= 0.6 is 0 Å². The third-order valence-corrected chi connectivity index (χ3v) is 2.79. The summed E-state index contributed by atoms with van der Waals surface area (Å²) in [6.45, 7) is 1.48. The van der Waals surface area contributed by atoms with Crippen LogP contribution in [0.2, 0.25) is 0 Å². The molecule has 0 aliphatic rings. The standard InChI is InChI=1S/C14H13N5O/c1-9(20)16-10-4-6-11(7-5-10)17-14-13-12(18-19-14)3-2-8-15-13/h2-8H,1H3,(H,16,20)(H2,17,18,19). The summed E-state index contributed by atoms with van der Waals surface area (Å²) < 4.78 is 0. The molecule has 0 radical (unpaired) electrons. The Bertz CT molecular complexity index is 748. The molecule has 100 valence electrons. The van der Waals surface area contributed by atoms with Gasteiger partial charge in [0.25, 0.3) is 0 Å². The number of carbonyl (C=O) groups excluding carboxylic acids is 1. The van der Waals surface area contributed by atoms with Crippen molar-refractivity contribution < 1.29 is 4.79 Å². The van der Waals surface area contributed by atoms with Gasteiger partial charge in [0, 0.05) is 24.5 Å². The lowest BCUT2D eigenvalue weighted by Gasteiger charge is -2.05. The van der Waals surface area contributed by atoms with Gasteiger partial charge in [0.1, 0.15) is 5.52 Å². The van der Waals surface area contributed by atoms with Crippen LogP contribution in [0.15, 0.2) is 42.6 Å². The number of pyridine rings is 1. The molecule has 2 heterocycles. The topological polar surface area (TPSA) is 82.7 Å². The van der Waals surface area contributed by atoms with Gasteiger partial charge in [-0.2, -0.15) is 5.10 Å². The quantitative estimate of drug-likeness (QED) is 0.681. The summed E-state index contributed by atoms with van der Waals surface area (Å²) in [5, 5.41) is 13.0. The Hall–Kier alpha value is -2.89. The van der Waals surface area contributed by atoms with E-state index >= 15 is 0 Å². The van der Waals surface area contributed by atoms with Crippen molar-refractivity contribution in [2.45, 2.75) is 6.92 Å². The van der Waals surface area contributed by atoms with Crippen LogP contribution in [-0.4, -0.2) is 21.1 Å². The number of fused-ring (bicyclic) bond motifs is 1. The van der Waals surface area contributed by atoms with Crippen molar-refractivity contribution in [1.29, 1.82) is 0 Å². The van der Waals surface area contributed by atoms with Gasteiger partial charge in [-0.1, -0.05) is 0 Å². The lowest BCUT2D eigenvalue weighted by atomic mass is 10.2. The maximum absolute atomic E-state index is 11.0. The second kappa shape index (κ2) is 5.00. The van der Waals surface area contributed by atoms with Gasteiger partial charge in [0.2, 0.25) is 5.91 Å². The Balaban J connectivity index is 1.82. The smallest absolute Gasteiger partial charge is 0.221 e. The van der Waals surface area contributed by atoms with Crippen LogP contribution in [0.5, 0.6) is 0 Å². The lowest BCUT2D eigenvalue weighted by Crippen LogP contribution is -2.05. The molecular formula is C14H13N5O. The van der Waals surface area contributed by atoms with E-state index in [0.29, 0.717) is 5.82 Å². The predicted octanol–water partition coefficient (Wildman–Crippen LogP) is 2.66. The zero-order chi connectivity index (χ0) is 13.9. The number of hydrogen-bond donors (Lipinski definition) is 3. The normalized spacial score (nSPS) is 10.4. The van der Waals surface area contributed by atoms with Crippen LogP contribution in [0.3, 0.4) is 0 Å². The summed E-state index contributed by atoms with van der Waals surface area (Å²) in [5.74, 6) is 0.584. The number of H-pyrrole nitrogens is 1. The number of anilines is 3. The van der Waals surface area contributed by atoms with Gasteiger partial charge in [0.15, 0.2) is 5.82 Å². The first kappa shape index (κ1) is 12.2. The Morgan fingerprint density at radius 1 is 1.15 bits per heavy atom. The summed E-state index contributed by atoms with van der Waals surface area (Å²) in [5.41, 5.74) is 3.30. The number of aromatic amines is 1. The molecule has 0 bridgehead atoms. The van der Waals surface area contributed by atoms with E-state index in [1.165, 1.54) is 6.92 Å². The van der Waals surface area contributed by atoms with Gasteiger partial charge < -0.3 is 10.6 Å². The van der Waals surface area contributed by atoms with Crippen molar-refractivity contribution >= 4 is 34.1 Å². The average molecular weight is 267 g/mol. The van der Waals surface area contributed by atoms with Crippen molar-refractivity contribution in [2.24, 2.45) is 0 Å². The van der Waals surface area contributed by atoms with E-state index in [-0.39, 0.29) is 5.91 Å². The largest absolute Gasteiger partial charge is 0.337 e. The molecule has 0 aliphatic heterocycles. The van der Waals surface area contributed by atoms with E-state index in [9.17, 15) is 4.79 Å². The Labute approximate surface area is 115 Å². The molecule has 1 amide bonds. The highest BCUT2D eigenvalue weighted by Crippen LogP contribution is 2.22. The molecule has 3 rings (SSSR count). The van der Waals surface area contributed by atoms with Crippen molar-refractivity contribution in [3.8, 4) is 0 Å². The third kappa shape index (κ3) is 2.44. The van der Waals surface area contributed by atoms with E-state index < -0.39 is 0 Å². The van der Waals surface area contributed by atoms with Gasteiger partial charge in [0.05, 0.1) is 5.52 Å². The maximum atomic E-state index is 11.0. The summed E-state index contributed by atoms with van der Waals surface area (Å²) in [7, 11) is 0. The molecule has 0 fully saturated rings. The number of hydrogen-bond acceptors (Lipinski definition) is 4. The fourth-order valence-electron chi connectivity index (χ4n) is 1.92. The van der Waals surface area contributed by atoms with Gasteiger partial charge in [-0.3, -0.25) is 14.9 Å². The minimum Gasteiger partial charge on any atom is -0.337 e. The molecule has 0 aliphatic carbocycles. The fourth-order valence-corrected chi connectivity index (χ4v) is 1.92. The zero-order valence-electron chi connectivity index (χ0n) is 10.8. The van der Waals surface area contributed by atoms with Crippen LogP contribution in [-0.2, 0) is 4.79 Å². The van der Waals surface area contributed by atoms with E-state index in [2.05, 4.69) is 25.8 Å². The number of nitrogens with zero attached hydrogens (tertiary/aromatic N) is 2. The van der Waals surface area contributed by atoms with E-state index in [1.807, 2.05) is 36.4 Å². The number of amides is 1. The lowest BCUT2D eigenvalue weighted by molar-refractivity contribution is -0.114. The van der Waals surface area contributed by atoms with Gasteiger partial charge in [-0.25, -0.2) is 0 Å². The summed E-state index contributed by atoms with van der Waals surface area (Å²) in [6.07, 6.45) is 1.73. The highest BCUT2D eigenvalue weighted by molar-refractivity contribution is 5.89. The molecule has 0 saturated heterocycles. The molecule has 3 N–H and O–H groups in total. The summed E-state index contributed by atoms with van der Waals surface area (Å²) >= 11 is 0. The molecule has 6 heteroatoms. The van der Waals surface area contributed by atoms with Crippen LogP contribution in [0.1, 0.15) is 6.92 Å². The number of carbonyl (C=O) groups is 1. The fraction of sp³-hybridized carbons (Fsp3) is 0.0714. The summed E-state index contributed by atoms with van der Waals surface area (Å²) in [4.78, 5) is 15.2. The maximum Gasteiger partial charge on any atom is 0.221 e. The number of aromatic nitrogens is 3. The first-order valence-corrected chi connectivity index (χ1v) is 6.16. The number of rotatable bonds is 3. The molecule has 6 nitrogen and oxygen atoms in total. The van der Waals surface area contributed by atoms with E-state index in [4.69, 9.17) is 0 Å². The van der Waals surface area contributed by atoms with Crippen molar-refractivity contribution in [3.05, 3.63) is 42.6 Å². The Kier molecular flexibility index (Phi) is 3.04. The molecule has 2 aromatic heterocycles. The first-order valence-electron chi connectivity index (χ1n) is 6.16. The molecule has 3 aromatic rings. The Morgan fingerprint density at radius 2 is 1.90 bits per heavy atom. The highest BCUT2D eigenvalue weighted by Gasteiger charge is 2.06. The second-order valence-electron chi connectivity index (χ2n) is 4.36. The van der Waals surface area contributed by atoms with Crippen molar-refractivity contribution in [1.82, 2.24) is 15.2 Å². The summed E-state index contributed by atoms with van der Waals surface area (Å²) in [6, 6.07) is 11.2. The minimum atomic E-state index is -0.0896. The minimum absolute atomic E-state index is 0.0896. The number of benzene rings is 1. The van der Waals surface area contributed by atoms with Crippen LogP contribution in [0.4, 0.5) is 17.2 Å². The van der Waals surface area contributed by atoms with Gasteiger partial charge in [-0.15, -0.1) is 0 Å².